The lowest BCUT2D eigenvalue weighted by Gasteiger charge is -2.15. The van der Waals surface area contributed by atoms with E-state index in [1.807, 2.05) is 29.1 Å². The van der Waals surface area contributed by atoms with E-state index < -0.39 is 0 Å². The van der Waals surface area contributed by atoms with Crippen LogP contribution in [0.4, 0.5) is 4.39 Å². The lowest BCUT2D eigenvalue weighted by Crippen LogP contribution is -2.28. The topological polar surface area (TPSA) is 46.9 Å². The highest BCUT2D eigenvalue weighted by Crippen LogP contribution is 2.32. The third-order valence-corrected chi connectivity index (χ3v) is 4.51. The van der Waals surface area contributed by atoms with Gasteiger partial charge in [-0.1, -0.05) is 51.1 Å². The standard InChI is InChI=1S/C23H26FN3O/c1-4-12-27-15-18(14-26-27)21-7-5-6-20(17-8-10-19(24)11-9-17)22(21)23(28)25-13-16(2)3/h5-11,14-16H,4,12-13H2,1-3H3,(H,25,28). The number of carbonyl (C=O) groups excluding carboxylic acids is 1. The van der Waals surface area contributed by atoms with Crippen molar-refractivity contribution in [2.24, 2.45) is 5.92 Å². The van der Waals surface area contributed by atoms with Crippen LogP contribution in [0.15, 0.2) is 54.9 Å². The fraction of sp³-hybridized carbons (Fsp3) is 0.304. The Balaban J connectivity index is 2.11. The number of amides is 1. The number of halogens is 1. The van der Waals surface area contributed by atoms with Crippen molar-refractivity contribution in [2.45, 2.75) is 33.7 Å². The predicted molar refractivity (Wildman–Crippen MR) is 111 cm³/mol. The van der Waals surface area contributed by atoms with Crippen LogP contribution in [0.1, 0.15) is 37.6 Å². The van der Waals surface area contributed by atoms with Gasteiger partial charge in [0.1, 0.15) is 5.82 Å². The van der Waals surface area contributed by atoms with Crippen LogP contribution in [0, 0.1) is 11.7 Å². The summed E-state index contributed by atoms with van der Waals surface area (Å²) in [6.07, 6.45) is 4.74. The zero-order valence-electron chi connectivity index (χ0n) is 16.6. The van der Waals surface area contributed by atoms with Gasteiger partial charge < -0.3 is 5.32 Å². The number of aromatic nitrogens is 2. The first-order chi connectivity index (χ1) is 13.5. The minimum atomic E-state index is -0.299. The first-order valence-electron chi connectivity index (χ1n) is 9.69. The molecule has 0 spiro atoms. The molecule has 0 saturated heterocycles. The molecule has 3 rings (SSSR count). The van der Waals surface area contributed by atoms with Crippen LogP contribution in [0.5, 0.6) is 0 Å². The summed E-state index contributed by atoms with van der Waals surface area (Å²) in [4.78, 5) is 13.1. The van der Waals surface area contributed by atoms with Crippen molar-refractivity contribution < 1.29 is 9.18 Å². The molecular formula is C23H26FN3O. The number of aryl methyl sites for hydroxylation is 1. The highest BCUT2D eigenvalue weighted by atomic mass is 19.1. The first kappa shape index (κ1) is 19.8. The Morgan fingerprint density at radius 2 is 1.79 bits per heavy atom. The molecule has 0 aliphatic carbocycles. The fourth-order valence-corrected chi connectivity index (χ4v) is 3.15. The molecule has 1 N–H and O–H groups in total. The summed E-state index contributed by atoms with van der Waals surface area (Å²) < 4.78 is 15.3. The molecule has 5 heteroatoms. The first-order valence-corrected chi connectivity index (χ1v) is 9.69. The minimum Gasteiger partial charge on any atom is -0.352 e. The SMILES string of the molecule is CCCn1cc(-c2cccc(-c3ccc(F)cc3)c2C(=O)NCC(C)C)cn1. The Labute approximate surface area is 165 Å². The maximum atomic E-state index is 13.4. The van der Waals surface area contributed by atoms with E-state index in [0.717, 1.165) is 35.2 Å². The van der Waals surface area contributed by atoms with Crippen molar-refractivity contribution in [3.05, 3.63) is 66.2 Å². The van der Waals surface area contributed by atoms with Gasteiger partial charge in [0.2, 0.25) is 0 Å². The second-order valence-corrected chi connectivity index (χ2v) is 7.33. The largest absolute Gasteiger partial charge is 0.352 e. The van der Waals surface area contributed by atoms with E-state index in [1.165, 1.54) is 12.1 Å². The van der Waals surface area contributed by atoms with E-state index in [2.05, 4.69) is 31.2 Å². The quantitative estimate of drug-likeness (QED) is 0.617. The summed E-state index contributed by atoms with van der Waals surface area (Å²) in [5.74, 6) is -0.0869. The summed E-state index contributed by atoms with van der Waals surface area (Å²) in [7, 11) is 0. The van der Waals surface area contributed by atoms with Crippen LogP contribution in [0.2, 0.25) is 0 Å². The second-order valence-electron chi connectivity index (χ2n) is 7.33. The van der Waals surface area contributed by atoms with Crippen LogP contribution in [-0.4, -0.2) is 22.2 Å². The van der Waals surface area contributed by atoms with Crippen molar-refractivity contribution in [2.75, 3.05) is 6.54 Å². The van der Waals surface area contributed by atoms with Gasteiger partial charge in [-0.3, -0.25) is 9.48 Å². The summed E-state index contributed by atoms with van der Waals surface area (Å²) >= 11 is 0. The van der Waals surface area contributed by atoms with E-state index in [9.17, 15) is 9.18 Å². The normalized spacial score (nSPS) is 11.0. The molecule has 0 radical (unpaired) electrons. The highest BCUT2D eigenvalue weighted by molar-refractivity contribution is 6.06. The smallest absolute Gasteiger partial charge is 0.252 e. The number of nitrogens with one attached hydrogen (secondary N) is 1. The summed E-state index contributed by atoms with van der Waals surface area (Å²) in [5, 5.41) is 7.43. The maximum absolute atomic E-state index is 13.4. The fourth-order valence-electron chi connectivity index (χ4n) is 3.15. The second kappa shape index (κ2) is 8.83. The van der Waals surface area contributed by atoms with E-state index in [0.29, 0.717) is 18.0 Å². The van der Waals surface area contributed by atoms with E-state index in [1.54, 1.807) is 18.3 Å². The van der Waals surface area contributed by atoms with E-state index >= 15 is 0 Å². The molecule has 0 unspecified atom stereocenters. The molecule has 1 heterocycles. The Morgan fingerprint density at radius 1 is 1.11 bits per heavy atom. The number of carbonyl (C=O) groups is 1. The van der Waals surface area contributed by atoms with Crippen molar-refractivity contribution in [1.29, 1.82) is 0 Å². The van der Waals surface area contributed by atoms with Crippen molar-refractivity contribution >= 4 is 5.91 Å². The van der Waals surface area contributed by atoms with Crippen LogP contribution in [0.25, 0.3) is 22.3 Å². The number of benzene rings is 2. The highest BCUT2D eigenvalue weighted by Gasteiger charge is 2.19. The summed E-state index contributed by atoms with van der Waals surface area (Å²) in [6.45, 7) is 7.63. The third-order valence-electron chi connectivity index (χ3n) is 4.51. The zero-order chi connectivity index (χ0) is 20.1. The van der Waals surface area contributed by atoms with Crippen LogP contribution in [-0.2, 0) is 6.54 Å². The van der Waals surface area contributed by atoms with Crippen LogP contribution in [0.3, 0.4) is 0 Å². The van der Waals surface area contributed by atoms with Crippen molar-refractivity contribution in [3.63, 3.8) is 0 Å². The molecule has 0 bridgehead atoms. The Hall–Kier alpha value is -2.95. The van der Waals surface area contributed by atoms with Gasteiger partial charge >= 0.3 is 0 Å². The third kappa shape index (κ3) is 4.47. The van der Waals surface area contributed by atoms with Crippen LogP contribution >= 0.6 is 0 Å². The lowest BCUT2D eigenvalue weighted by atomic mass is 9.92. The summed E-state index contributed by atoms with van der Waals surface area (Å²) in [5.41, 5.74) is 3.89. The van der Waals surface area contributed by atoms with Crippen molar-refractivity contribution in [3.8, 4) is 22.3 Å². The average Bonchev–Trinajstić information content (AvgIpc) is 3.15. The molecular weight excluding hydrogens is 353 g/mol. The Bertz CT molecular complexity index is 945. The monoisotopic (exact) mass is 379 g/mol. The van der Waals surface area contributed by atoms with Gasteiger partial charge in [-0.25, -0.2) is 4.39 Å². The molecule has 0 aliphatic rings. The Morgan fingerprint density at radius 3 is 2.43 bits per heavy atom. The number of hydrogen-bond acceptors (Lipinski definition) is 2. The molecule has 0 aliphatic heterocycles. The number of rotatable bonds is 7. The van der Waals surface area contributed by atoms with Gasteiger partial charge in [-0.15, -0.1) is 0 Å². The molecule has 4 nitrogen and oxygen atoms in total. The molecule has 3 aromatic rings. The van der Waals surface area contributed by atoms with Gasteiger partial charge in [0.05, 0.1) is 11.8 Å². The minimum absolute atomic E-state index is 0.133. The maximum Gasteiger partial charge on any atom is 0.252 e. The van der Waals surface area contributed by atoms with Gasteiger partial charge in [0.15, 0.2) is 0 Å². The molecule has 28 heavy (non-hydrogen) atoms. The zero-order valence-corrected chi connectivity index (χ0v) is 16.6. The molecule has 0 fully saturated rings. The molecule has 0 saturated carbocycles. The van der Waals surface area contributed by atoms with Gasteiger partial charge in [0, 0.05) is 24.8 Å². The number of hydrogen-bond donors (Lipinski definition) is 1. The average molecular weight is 379 g/mol. The lowest BCUT2D eigenvalue weighted by molar-refractivity contribution is 0.0950. The van der Waals surface area contributed by atoms with E-state index in [-0.39, 0.29) is 11.7 Å². The van der Waals surface area contributed by atoms with Crippen LogP contribution < -0.4 is 5.32 Å². The van der Waals surface area contributed by atoms with Gasteiger partial charge in [-0.05, 0) is 41.2 Å². The summed E-state index contributed by atoms with van der Waals surface area (Å²) in [6, 6.07) is 12.0. The van der Waals surface area contributed by atoms with E-state index in [4.69, 9.17) is 0 Å². The molecule has 2 aromatic carbocycles. The predicted octanol–water partition coefficient (Wildman–Crippen LogP) is 5.15. The van der Waals surface area contributed by atoms with Crippen molar-refractivity contribution in [1.82, 2.24) is 15.1 Å². The molecule has 0 atom stereocenters. The number of nitrogens with zero attached hydrogens (tertiary/aromatic N) is 2. The Kier molecular flexibility index (Phi) is 6.24. The van der Waals surface area contributed by atoms with Gasteiger partial charge in [0.25, 0.3) is 5.91 Å². The van der Waals surface area contributed by atoms with Gasteiger partial charge in [-0.2, -0.15) is 5.10 Å². The molecule has 1 aromatic heterocycles. The molecule has 1 amide bonds. The molecule has 146 valence electrons.